The summed E-state index contributed by atoms with van der Waals surface area (Å²) in [5, 5.41) is 8.62. The fraction of sp³-hybridized carbons (Fsp3) is 0.267. The van der Waals surface area contributed by atoms with Crippen LogP contribution in [0.4, 0.5) is 5.69 Å². The van der Waals surface area contributed by atoms with Crippen molar-refractivity contribution in [2.45, 2.75) is 13.3 Å². The number of carboxylic acids is 1. The highest BCUT2D eigenvalue weighted by Crippen LogP contribution is 2.25. The standard InChI is InChI=1S/C15H16BrNO2/c1-3-9-17(10-4-2)13-7-5-12(14(16)11-13)6-8-15(18)19/h1,5-8,11H,4,9-10H2,2H3,(H,18,19)/b8-6+. The lowest BCUT2D eigenvalue weighted by atomic mass is 10.1. The van der Waals surface area contributed by atoms with Gasteiger partial charge in [0.15, 0.2) is 0 Å². The average molecular weight is 322 g/mol. The smallest absolute Gasteiger partial charge is 0.328 e. The van der Waals surface area contributed by atoms with Gasteiger partial charge in [0.2, 0.25) is 0 Å². The van der Waals surface area contributed by atoms with E-state index < -0.39 is 5.97 Å². The first kappa shape index (κ1) is 15.3. The monoisotopic (exact) mass is 321 g/mol. The van der Waals surface area contributed by atoms with Gasteiger partial charge in [0.05, 0.1) is 6.54 Å². The molecule has 19 heavy (non-hydrogen) atoms. The Morgan fingerprint density at radius 1 is 1.58 bits per heavy atom. The summed E-state index contributed by atoms with van der Waals surface area (Å²) in [5.41, 5.74) is 1.85. The molecule has 0 aliphatic rings. The zero-order valence-corrected chi connectivity index (χ0v) is 12.4. The lowest BCUT2D eigenvalue weighted by Gasteiger charge is -2.22. The Morgan fingerprint density at radius 2 is 2.32 bits per heavy atom. The van der Waals surface area contributed by atoms with Crippen LogP contribution in [0.15, 0.2) is 28.7 Å². The molecule has 0 fully saturated rings. The van der Waals surface area contributed by atoms with Crippen molar-refractivity contribution in [3.05, 3.63) is 34.3 Å². The van der Waals surface area contributed by atoms with Crippen LogP contribution >= 0.6 is 15.9 Å². The van der Waals surface area contributed by atoms with Gasteiger partial charge in [-0.15, -0.1) is 6.42 Å². The second-order valence-corrected chi connectivity index (χ2v) is 4.86. The molecule has 0 saturated carbocycles. The Bertz CT molecular complexity index is 517. The third kappa shape index (κ3) is 4.80. The van der Waals surface area contributed by atoms with E-state index in [1.165, 1.54) is 0 Å². The van der Waals surface area contributed by atoms with Gasteiger partial charge in [0.25, 0.3) is 0 Å². The summed E-state index contributed by atoms with van der Waals surface area (Å²) < 4.78 is 0.848. The second kappa shape index (κ2) is 7.65. The lowest BCUT2D eigenvalue weighted by molar-refractivity contribution is -0.131. The van der Waals surface area contributed by atoms with E-state index in [-0.39, 0.29) is 0 Å². The van der Waals surface area contributed by atoms with Crippen molar-refractivity contribution in [1.82, 2.24) is 0 Å². The third-order valence-corrected chi connectivity index (χ3v) is 3.22. The van der Waals surface area contributed by atoms with Gasteiger partial charge in [-0.3, -0.25) is 0 Å². The van der Waals surface area contributed by atoms with Crippen LogP contribution in [0.2, 0.25) is 0 Å². The van der Waals surface area contributed by atoms with Crippen LogP contribution in [0.25, 0.3) is 6.08 Å². The molecular weight excluding hydrogens is 306 g/mol. The van der Waals surface area contributed by atoms with Gasteiger partial charge in [-0.2, -0.15) is 0 Å². The molecule has 0 amide bonds. The van der Waals surface area contributed by atoms with Crippen molar-refractivity contribution in [2.75, 3.05) is 18.0 Å². The number of nitrogens with zero attached hydrogens (tertiary/aromatic N) is 1. The molecule has 1 aromatic rings. The van der Waals surface area contributed by atoms with Gasteiger partial charge in [0.1, 0.15) is 0 Å². The molecule has 0 heterocycles. The number of benzene rings is 1. The maximum Gasteiger partial charge on any atom is 0.328 e. The van der Waals surface area contributed by atoms with Gasteiger partial charge in [0, 0.05) is 22.8 Å². The number of halogens is 1. The molecule has 1 aromatic carbocycles. The van der Waals surface area contributed by atoms with E-state index in [0.29, 0.717) is 6.54 Å². The number of terminal acetylenes is 1. The summed E-state index contributed by atoms with van der Waals surface area (Å²) in [6, 6.07) is 5.77. The van der Waals surface area contributed by atoms with E-state index in [1.807, 2.05) is 18.2 Å². The van der Waals surface area contributed by atoms with Crippen LogP contribution in [0, 0.1) is 12.3 Å². The second-order valence-electron chi connectivity index (χ2n) is 4.00. The number of hydrogen-bond donors (Lipinski definition) is 1. The highest BCUT2D eigenvalue weighted by molar-refractivity contribution is 9.10. The van der Waals surface area contributed by atoms with E-state index in [2.05, 4.69) is 33.7 Å². The van der Waals surface area contributed by atoms with Crippen LogP contribution in [-0.4, -0.2) is 24.2 Å². The number of aliphatic carboxylic acids is 1. The minimum Gasteiger partial charge on any atom is -0.478 e. The lowest BCUT2D eigenvalue weighted by Crippen LogP contribution is -2.24. The Hall–Kier alpha value is -1.73. The maximum absolute atomic E-state index is 10.5. The molecule has 0 aliphatic heterocycles. The molecule has 0 radical (unpaired) electrons. The molecule has 0 saturated heterocycles. The van der Waals surface area contributed by atoms with Crippen LogP contribution in [0.5, 0.6) is 0 Å². The number of anilines is 1. The van der Waals surface area contributed by atoms with E-state index in [1.54, 1.807) is 6.08 Å². The molecule has 100 valence electrons. The topological polar surface area (TPSA) is 40.5 Å². The highest BCUT2D eigenvalue weighted by atomic mass is 79.9. The predicted octanol–water partition coefficient (Wildman–Crippen LogP) is 3.40. The van der Waals surface area contributed by atoms with Gasteiger partial charge >= 0.3 is 5.97 Å². The van der Waals surface area contributed by atoms with Crippen LogP contribution < -0.4 is 4.90 Å². The molecule has 0 unspecified atom stereocenters. The zero-order chi connectivity index (χ0) is 14.3. The van der Waals surface area contributed by atoms with Crippen molar-refractivity contribution in [3.63, 3.8) is 0 Å². The third-order valence-electron chi connectivity index (χ3n) is 2.53. The van der Waals surface area contributed by atoms with Crippen LogP contribution in [0.3, 0.4) is 0 Å². The minimum absolute atomic E-state index is 0.560. The van der Waals surface area contributed by atoms with Crippen molar-refractivity contribution in [1.29, 1.82) is 0 Å². The Balaban J connectivity index is 2.97. The number of carbonyl (C=O) groups is 1. The summed E-state index contributed by atoms with van der Waals surface area (Å²) in [5.74, 6) is 1.68. The maximum atomic E-state index is 10.5. The Kier molecular flexibility index (Phi) is 6.17. The quantitative estimate of drug-likeness (QED) is 0.645. The molecule has 4 heteroatoms. The van der Waals surface area contributed by atoms with Crippen LogP contribution in [-0.2, 0) is 4.79 Å². The molecule has 0 bridgehead atoms. The first-order valence-corrected chi connectivity index (χ1v) is 6.76. The minimum atomic E-state index is -0.962. The molecule has 1 N–H and O–H groups in total. The summed E-state index contributed by atoms with van der Waals surface area (Å²) in [6.07, 6.45) is 9.05. The van der Waals surface area contributed by atoms with Gasteiger partial charge < -0.3 is 10.0 Å². The molecule has 3 nitrogen and oxygen atoms in total. The number of hydrogen-bond acceptors (Lipinski definition) is 2. The van der Waals surface area contributed by atoms with Crippen LogP contribution in [0.1, 0.15) is 18.9 Å². The number of carboxylic acid groups (broad SMARTS) is 1. The molecule has 1 rings (SSSR count). The summed E-state index contributed by atoms with van der Waals surface area (Å²) in [7, 11) is 0. The molecule has 0 atom stereocenters. The predicted molar refractivity (Wildman–Crippen MR) is 82.1 cm³/mol. The summed E-state index contributed by atoms with van der Waals surface area (Å²) >= 11 is 3.45. The molecular formula is C15H16BrNO2. The Labute approximate surface area is 122 Å². The normalized spacial score (nSPS) is 10.4. The molecule has 0 aromatic heterocycles. The van der Waals surface area contributed by atoms with Crippen molar-refractivity contribution in [2.24, 2.45) is 0 Å². The SMILES string of the molecule is C#CCN(CCC)c1ccc(/C=C/C(=O)O)c(Br)c1. The van der Waals surface area contributed by atoms with Gasteiger partial charge in [-0.05, 0) is 30.2 Å². The van der Waals surface area contributed by atoms with Crippen molar-refractivity contribution in [3.8, 4) is 12.3 Å². The van der Waals surface area contributed by atoms with Gasteiger partial charge in [-0.25, -0.2) is 4.79 Å². The van der Waals surface area contributed by atoms with E-state index >= 15 is 0 Å². The fourth-order valence-corrected chi connectivity index (χ4v) is 2.19. The molecule has 0 aliphatic carbocycles. The van der Waals surface area contributed by atoms with E-state index in [0.717, 1.165) is 34.8 Å². The Morgan fingerprint density at radius 3 is 2.84 bits per heavy atom. The summed E-state index contributed by atoms with van der Waals surface area (Å²) in [4.78, 5) is 12.6. The first-order chi connectivity index (χ1) is 9.08. The molecule has 0 spiro atoms. The summed E-state index contributed by atoms with van der Waals surface area (Å²) in [6.45, 7) is 3.55. The van der Waals surface area contributed by atoms with Crippen molar-refractivity contribution >= 4 is 33.7 Å². The first-order valence-electron chi connectivity index (χ1n) is 5.97. The van der Waals surface area contributed by atoms with Gasteiger partial charge in [-0.1, -0.05) is 34.8 Å². The van der Waals surface area contributed by atoms with Crippen molar-refractivity contribution < 1.29 is 9.90 Å². The zero-order valence-electron chi connectivity index (χ0n) is 10.8. The average Bonchev–Trinajstić information content (AvgIpc) is 2.37. The van der Waals surface area contributed by atoms with E-state index in [4.69, 9.17) is 11.5 Å². The number of rotatable bonds is 6. The fourth-order valence-electron chi connectivity index (χ4n) is 1.69. The van der Waals surface area contributed by atoms with E-state index in [9.17, 15) is 4.79 Å². The highest BCUT2D eigenvalue weighted by Gasteiger charge is 2.06. The largest absolute Gasteiger partial charge is 0.478 e.